The summed E-state index contributed by atoms with van der Waals surface area (Å²) in [6.07, 6.45) is -2.06. The lowest BCUT2D eigenvalue weighted by Crippen LogP contribution is -2.57. The molecule has 82 valence electrons. The monoisotopic (exact) mass is 206 g/mol. The van der Waals surface area contributed by atoms with E-state index in [9.17, 15) is 5.11 Å². The number of ether oxygens (including phenoxy) is 4. The van der Waals surface area contributed by atoms with Crippen molar-refractivity contribution in [2.75, 3.05) is 26.8 Å². The molecule has 0 spiro atoms. The molecule has 14 heavy (non-hydrogen) atoms. The summed E-state index contributed by atoms with van der Waals surface area (Å²) in [5.74, 6) is 0. The number of rotatable bonds is 2. The minimum Gasteiger partial charge on any atom is -0.394 e. The van der Waals surface area contributed by atoms with Gasteiger partial charge in [0.1, 0.15) is 38.0 Å². The molecular formula is C8H14O6. The zero-order valence-electron chi connectivity index (χ0n) is 7.67. The topological polar surface area (TPSA) is 77.4 Å². The largest absolute Gasteiger partial charge is 0.394 e. The van der Waals surface area contributed by atoms with Crippen molar-refractivity contribution in [2.24, 2.45) is 0 Å². The summed E-state index contributed by atoms with van der Waals surface area (Å²) in [6, 6.07) is 0. The molecule has 0 saturated carbocycles. The zero-order chi connectivity index (χ0) is 9.97. The van der Waals surface area contributed by atoms with Crippen LogP contribution in [-0.2, 0) is 18.9 Å². The van der Waals surface area contributed by atoms with E-state index in [4.69, 9.17) is 24.1 Å². The molecule has 2 N–H and O–H groups in total. The van der Waals surface area contributed by atoms with Crippen LogP contribution in [0.5, 0.6) is 0 Å². The maximum Gasteiger partial charge on any atom is 0.147 e. The molecular weight excluding hydrogens is 192 g/mol. The maximum atomic E-state index is 9.47. The van der Waals surface area contributed by atoms with Crippen LogP contribution in [-0.4, -0.2) is 61.4 Å². The molecule has 6 heteroatoms. The van der Waals surface area contributed by atoms with Gasteiger partial charge >= 0.3 is 0 Å². The molecule has 0 radical (unpaired) electrons. The number of hydrogen-bond acceptors (Lipinski definition) is 6. The van der Waals surface area contributed by atoms with Gasteiger partial charge in [0.15, 0.2) is 0 Å². The fourth-order valence-corrected chi connectivity index (χ4v) is 1.68. The highest BCUT2D eigenvalue weighted by molar-refractivity contribution is 4.87. The number of aliphatic hydroxyl groups is 2. The number of fused-ring (bicyclic) bond motifs is 1. The third-order valence-electron chi connectivity index (χ3n) is 2.43. The van der Waals surface area contributed by atoms with E-state index in [1.54, 1.807) is 0 Å². The van der Waals surface area contributed by atoms with Gasteiger partial charge in [-0.2, -0.15) is 0 Å². The van der Waals surface area contributed by atoms with Crippen molar-refractivity contribution in [3.63, 3.8) is 0 Å². The van der Waals surface area contributed by atoms with Crippen LogP contribution in [0.1, 0.15) is 0 Å². The van der Waals surface area contributed by atoms with Crippen LogP contribution in [0.3, 0.4) is 0 Å². The van der Waals surface area contributed by atoms with Gasteiger partial charge in [-0.3, -0.25) is 0 Å². The van der Waals surface area contributed by atoms with E-state index in [1.165, 1.54) is 0 Å². The van der Waals surface area contributed by atoms with Crippen molar-refractivity contribution < 1.29 is 29.2 Å². The quantitative estimate of drug-likeness (QED) is 0.570. The van der Waals surface area contributed by atoms with Crippen LogP contribution in [0.2, 0.25) is 0 Å². The van der Waals surface area contributed by atoms with E-state index in [0.29, 0.717) is 6.61 Å². The van der Waals surface area contributed by atoms with Crippen molar-refractivity contribution in [1.82, 2.24) is 0 Å². The van der Waals surface area contributed by atoms with Crippen LogP contribution >= 0.6 is 0 Å². The van der Waals surface area contributed by atoms with Gasteiger partial charge in [0.25, 0.3) is 0 Å². The zero-order valence-corrected chi connectivity index (χ0v) is 7.67. The van der Waals surface area contributed by atoms with Gasteiger partial charge in [-0.05, 0) is 0 Å². The summed E-state index contributed by atoms with van der Waals surface area (Å²) < 4.78 is 20.8. The molecule has 0 aromatic rings. The van der Waals surface area contributed by atoms with E-state index in [1.807, 2.05) is 0 Å². The van der Waals surface area contributed by atoms with Crippen LogP contribution in [0.4, 0.5) is 0 Å². The molecule has 2 aliphatic heterocycles. The Bertz CT molecular complexity index is 183. The van der Waals surface area contributed by atoms with Gasteiger partial charge < -0.3 is 29.2 Å². The van der Waals surface area contributed by atoms with E-state index < -0.39 is 12.2 Å². The van der Waals surface area contributed by atoms with E-state index in [-0.39, 0.29) is 32.4 Å². The summed E-state index contributed by atoms with van der Waals surface area (Å²) in [7, 11) is 0. The second-order valence-corrected chi connectivity index (χ2v) is 3.32. The van der Waals surface area contributed by atoms with E-state index >= 15 is 0 Å². The first-order valence-electron chi connectivity index (χ1n) is 4.54. The summed E-state index contributed by atoms with van der Waals surface area (Å²) in [6.45, 7) is 0.346. The van der Waals surface area contributed by atoms with Gasteiger partial charge in [-0.25, -0.2) is 0 Å². The molecule has 4 atom stereocenters. The van der Waals surface area contributed by atoms with Crippen LogP contribution < -0.4 is 0 Å². The Morgan fingerprint density at radius 1 is 1.21 bits per heavy atom. The van der Waals surface area contributed by atoms with Gasteiger partial charge in [0.05, 0.1) is 13.2 Å². The molecule has 0 bridgehead atoms. The molecule has 0 aromatic heterocycles. The lowest BCUT2D eigenvalue weighted by Gasteiger charge is -2.41. The van der Waals surface area contributed by atoms with Crippen molar-refractivity contribution in [1.29, 1.82) is 0 Å². The second kappa shape index (κ2) is 4.52. The molecule has 2 heterocycles. The molecule has 0 unspecified atom stereocenters. The van der Waals surface area contributed by atoms with E-state index in [0.717, 1.165) is 0 Å². The van der Waals surface area contributed by atoms with Crippen molar-refractivity contribution in [3.8, 4) is 0 Å². The minimum atomic E-state index is -0.940. The second-order valence-electron chi connectivity index (χ2n) is 3.32. The standard InChI is InChI=1S/C8H14O6/c9-1-5(10)7-8-6(12-4-14-7)2-11-3-13-8/h5-10H,1-4H2/t5-,6-,7+,8-/m1/s1. The van der Waals surface area contributed by atoms with Gasteiger partial charge in [0, 0.05) is 0 Å². The Kier molecular flexibility index (Phi) is 3.32. The first-order valence-corrected chi connectivity index (χ1v) is 4.54. The molecule has 0 aromatic carbocycles. The van der Waals surface area contributed by atoms with Crippen LogP contribution in [0.15, 0.2) is 0 Å². The first-order chi connectivity index (χ1) is 6.83. The normalized spacial score (nSPS) is 40.3. The van der Waals surface area contributed by atoms with Crippen LogP contribution in [0.25, 0.3) is 0 Å². The fraction of sp³-hybridized carbons (Fsp3) is 1.00. The summed E-state index contributed by atoms with van der Waals surface area (Å²) >= 11 is 0. The first kappa shape index (κ1) is 10.3. The lowest BCUT2D eigenvalue weighted by atomic mass is 10.0. The Labute approximate surface area is 81.3 Å². The third kappa shape index (κ3) is 1.90. The van der Waals surface area contributed by atoms with Gasteiger partial charge in [-0.15, -0.1) is 0 Å². The van der Waals surface area contributed by atoms with Crippen molar-refractivity contribution in [2.45, 2.75) is 24.4 Å². The molecule has 2 aliphatic rings. The molecule has 0 amide bonds. The van der Waals surface area contributed by atoms with E-state index in [2.05, 4.69) is 0 Å². The van der Waals surface area contributed by atoms with Gasteiger partial charge in [0.2, 0.25) is 0 Å². The summed E-state index contributed by atoms with van der Waals surface area (Å²) in [5.41, 5.74) is 0. The van der Waals surface area contributed by atoms with Crippen molar-refractivity contribution >= 4 is 0 Å². The number of aliphatic hydroxyl groups excluding tert-OH is 2. The number of hydrogen-bond donors (Lipinski definition) is 2. The Morgan fingerprint density at radius 3 is 2.86 bits per heavy atom. The summed E-state index contributed by atoms with van der Waals surface area (Å²) in [5, 5.41) is 18.3. The predicted octanol–water partition coefficient (Wildman–Crippen LogP) is -1.55. The molecule has 2 fully saturated rings. The van der Waals surface area contributed by atoms with Crippen molar-refractivity contribution in [3.05, 3.63) is 0 Å². The Morgan fingerprint density at radius 2 is 2.07 bits per heavy atom. The molecule has 6 nitrogen and oxygen atoms in total. The molecule has 0 aliphatic carbocycles. The Balaban J connectivity index is 2.01. The highest BCUT2D eigenvalue weighted by Crippen LogP contribution is 2.23. The third-order valence-corrected chi connectivity index (χ3v) is 2.43. The smallest absolute Gasteiger partial charge is 0.147 e. The Hall–Kier alpha value is -0.240. The van der Waals surface area contributed by atoms with Gasteiger partial charge in [-0.1, -0.05) is 0 Å². The molecule has 2 saturated heterocycles. The maximum absolute atomic E-state index is 9.47. The lowest BCUT2D eigenvalue weighted by molar-refractivity contribution is -0.314. The average molecular weight is 206 g/mol. The SMILES string of the molecule is OC[C@@H](O)[C@@H]1OCO[C@@H]2COCO[C@@H]12. The fourth-order valence-electron chi connectivity index (χ4n) is 1.68. The predicted molar refractivity (Wildman–Crippen MR) is 43.4 cm³/mol. The van der Waals surface area contributed by atoms with Crippen LogP contribution in [0, 0.1) is 0 Å². The highest BCUT2D eigenvalue weighted by atomic mass is 16.8. The highest BCUT2D eigenvalue weighted by Gasteiger charge is 2.41. The average Bonchev–Trinajstić information content (AvgIpc) is 2.27. The minimum absolute atomic E-state index is 0.0929. The molecule has 2 rings (SSSR count). The summed E-state index contributed by atoms with van der Waals surface area (Å²) in [4.78, 5) is 0.